The molecule has 5 nitrogen and oxygen atoms in total. The third-order valence-corrected chi connectivity index (χ3v) is 5.39. The zero-order valence-corrected chi connectivity index (χ0v) is 15.1. The van der Waals surface area contributed by atoms with E-state index in [1.54, 1.807) is 18.2 Å². The average Bonchev–Trinajstić information content (AvgIpc) is 3.28. The van der Waals surface area contributed by atoms with Crippen molar-refractivity contribution in [2.75, 3.05) is 6.54 Å². The Labute approximate surface area is 158 Å². The van der Waals surface area contributed by atoms with Gasteiger partial charge in [0.15, 0.2) is 0 Å². The lowest BCUT2D eigenvalue weighted by Crippen LogP contribution is -2.32. The van der Waals surface area contributed by atoms with Gasteiger partial charge in [0.25, 0.3) is 17.7 Å². The minimum absolute atomic E-state index is 0.173. The fourth-order valence-corrected chi connectivity index (χ4v) is 3.86. The summed E-state index contributed by atoms with van der Waals surface area (Å²) in [5, 5.41) is 3.02. The van der Waals surface area contributed by atoms with Crippen molar-refractivity contribution in [3.05, 3.63) is 70.8 Å². The molecule has 1 fully saturated rings. The van der Waals surface area contributed by atoms with Crippen LogP contribution in [0.3, 0.4) is 0 Å². The van der Waals surface area contributed by atoms with Crippen molar-refractivity contribution in [1.29, 1.82) is 0 Å². The van der Waals surface area contributed by atoms with Crippen LogP contribution in [0.15, 0.2) is 48.5 Å². The first-order chi connectivity index (χ1) is 13.1. The van der Waals surface area contributed by atoms with E-state index >= 15 is 0 Å². The van der Waals surface area contributed by atoms with E-state index in [-0.39, 0.29) is 23.8 Å². The molecular formula is C22H22N2O3. The maximum atomic E-state index is 12.7. The fraction of sp³-hybridized carbons (Fsp3) is 0.318. The lowest BCUT2D eigenvalue weighted by atomic mass is 10.0. The highest BCUT2D eigenvalue weighted by molar-refractivity contribution is 6.22. The third kappa shape index (κ3) is 3.50. The van der Waals surface area contributed by atoms with Crippen LogP contribution < -0.4 is 5.32 Å². The first-order valence-electron chi connectivity index (χ1n) is 9.48. The number of carbonyl (C=O) groups excluding carboxylic acids is 3. The topological polar surface area (TPSA) is 66.5 Å². The van der Waals surface area contributed by atoms with Crippen molar-refractivity contribution < 1.29 is 14.4 Å². The van der Waals surface area contributed by atoms with Crippen LogP contribution in [0.2, 0.25) is 0 Å². The number of imide groups is 1. The van der Waals surface area contributed by atoms with Gasteiger partial charge in [-0.1, -0.05) is 43.2 Å². The van der Waals surface area contributed by atoms with E-state index in [9.17, 15) is 14.4 Å². The van der Waals surface area contributed by atoms with Crippen LogP contribution >= 0.6 is 0 Å². The number of hydrogen-bond acceptors (Lipinski definition) is 3. The Kier molecular flexibility index (Phi) is 4.75. The highest BCUT2D eigenvalue weighted by atomic mass is 16.2. The van der Waals surface area contributed by atoms with Crippen LogP contribution in [-0.4, -0.2) is 35.2 Å². The minimum Gasteiger partial charge on any atom is -0.349 e. The van der Waals surface area contributed by atoms with Crippen molar-refractivity contribution in [2.45, 2.75) is 38.1 Å². The first kappa shape index (κ1) is 17.5. The summed E-state index contributed by atoms with van der Waals surface area (Å²) in [7, 11) is 0. The van der Waals surface area contributed by atoms with E-state index in [2.05, 4.69) is 5.32 Å². The van der Waals surface area contributed by atoms with Gasteiger partial charge in [-0.15, -0.1) is 0 Å². The maximum Gasteiger partial charge on any atom is 0.261 e. The molecule has 4 rings (SSSR count). The molecule has 0 spiro atoms. The number of amides is 3. The largest absolute Gasteiger partial charge is 0.349 e. The van der Waals surface area contributed by atoms with Crippen molar-refractivity contribution in [3.63, 3.8) is 0 Å². The van der Waals surface area contributed by atoms with Gasteiger partial charge < -0.3 is 5.32 Å². The van der Waals surface area contributed by atoms with Gasteiger partial charge in [-0.2, -0.15) is 0 Å². The third-order valence-electron chi connectivity index (χ3n) is 5.39. The number of rotatable bonds is 5. The summed E-state index contributed by atoms with van der Waals surface area (Å²) in [6, 6.07) is 14.8. The lowest BCUT2D eigenvalue weighted by molar-refractivity contribution is 0.0656. The summed E-state index contributed by atoms with van der Waals surface area (Å²) in [5.41, 5.74) is 2.22. The summed E-state index contributed by atoms with van der Waals surface area (Å²) >= 11 is 0. The van der Waals surface area contributed by atoms with Gasteiger partial charge in [0.2, 0.25) is 0 Å². The van der Waals surface area contributed by atoms with Crippen molar-refractivity contribution >= 4 is 17.7 Å². The summed E-state index contributed by atoms with van der Waals surface area (Å²) in [4.78, 5) is 39.0. The maximum absolute atomic E-state index is 12.7. The Balaban J connectivity index is 1.48. The second kappa shape index (κ2) is 7.35. The van der Waals surface area contributed by atoms with Gasteiger partial charge in [0.1, 0.15) is 0 Å². The highest BCUT2D eigenvalue weighted by Crippen LogP contribution is 2.25. The standard InChI is InChI=1S/C22H22N2O3/c25-20(23-17-8-4-5-9-17)16-10-11-18-19(14-16)22(27)24(21(18)26)13-12-15-6-2-1-3-7-15/h1-3,6-7,10-11,14,17H,4-5,8-9,12-13H2,(H,23,25). The smallest absolute Gasteiger partial charge is 0.261 e. The monoisotopic (exact) mass is 362 g/mol. The molecule has 3 amide bonds. The van der Waals surface area contributed by atoms with E-state index in [1.807, 2.05) is 30.3 Å². The number of carbonyl (C=O) groups is 3. The molecule has 2 aromatic carbocycles. The van der Waals surface area contributed by atoms with Crippen LogP contribution in [0.4, 0.5) is 0 Å². The molecule has 1 aliphatic carbocycles. The molecule has 0 unspecified atom stereocenters. The Morgan fingerprint density at radius 1 is 0.963 bits per heavy atom. The summed E-state index contributed by atoms with van der Waals surface area (Å²) in [5.74, 6) is -0.775. The molecule has 27 heavy (non-hydrogen) atoms. The molecule has 1 saturated carbocycles. The molecule has 0 saturated heterocycles. The van der Waals surface area contributed by atoms with Crippen molar-refractivity contribution in [2.24, 2.45) is 0 Å². The predicted molar refractivity (Wildman–Crippen MR) is 102 cm³/mol. The second-order valence-corrected chi connectivity index (χ2v) is 7.21. The van der Waals surface area contributed by atoms with Gasteiger partial charge >= 0.3 is 0 Å². The van der Waals surface area contributed by atoms with Crippen LogP contribution in [-0.2, 0) is 6.42 Å². The summed E-state index contributed by atoms with van der Waals surface area (Å²) in [6.07, 6.45) is 4.89. The Morgan fingerprint density at radius 3 is 2.41 bits per heavy atom. The van der Waals surface area contributed by atoms with E-state index in [0.29, 0.717) is 29.7 Å². The minimum atomic E-state index is -0.318. The SMILES string of the molecule is O=C(NC1CCCC1)c1ccc2c(c1)C(=O)N(CCc1ccccc1)C2=O. The highest BCUT2D eigenvalue weighted by Gasteiger charge is 2.35. The van der Waals surface area contributed by atoms with Crippen molar-refractivity contribution in [3.8, 4) is 0 Å². The second-order valence-electron chi connectivity index (χ2n) is 7.21. The van der Waals surface area contributed by atoms with E-state index in [0.717, 1.165) is 31.2 Å². The van der Waals surface area contributed by atoms with Crippen LogP contribution in [0.1, 0.15) is 62.3 Å². The lowest BCUT2D eigenvalue weighted by Gasteiger charge is -2.13. The van der Waals surface area contributed by atoms with E-state index in [1.165, 1.54) is 4.90 Å². The zero-order valence-electron chi connectivity index (χ0n) is 15.1. The molecule has 2 aliphatic rings. The number of nitrogens with zero attached hydrogens (tertiary/aromatic N) is 1. The molecule has 1 N–H and O–H groups in total. The fourth-order valence-electron chi connectivity index (χ4n) is 3.86. The molecule has 0 radical (unpaired) electrons. The van der Waals surface area contributed by atoms with Crippen LogP contribution in [0.25, 0.3) is 0 Å². The van der Waals surface area contributed by atoms with Gasteiger partial charge in [-0.3, -0.25) is 19.3 Å². The number of fused-ring (bicyclic) bond motifs is 1. The Bertz CT molecular complexity index is 886. The molecular weight excluding hydrogens is 340 g/mol. The number of nitrogens with one attached hydrogen (secondary N) is 1. The Morgan fingerprint density at radius 2 is 1.67 bits per heavy atom. The molecule has 138 valence electrons. The zero-order chi connectivity index (χ0) is 18.8. The van der Waals surface area contributed by atoms with Gasteiger partial charge in [-0.05, 0) is 43.0 Å². The van der Waals surface area contributed by atoms with Crippen LogP contribution in [0.5, 0.6) is 0 Å². The van der Waals surface area contributed by atoms with Gasteiger partial charge in [0, 0.05) is 18.2 Å². The van der Waals surface area contributed by atoms with Crippen LogP contribution in [0, 0.1) is 0 Å². The molecule has 5 heteroatoms. The summed E-state index contributed by atoms with van der Waals surface area (Å²) < 4.78 is 0. The molecule has 1 heterocycles. The van der Waals surface area contributed by atoms with E-state index in [4.69, 9.17) is 0 Å². The summed E-state index contributed by atoms with van der Waals surface area (Å²) in [6.45, 7) is 0.333. The number of hydrogen-bond donors (Lipinski definition) is 1. The normalized spacial score (nSPS) is 16.7. The van der Waals surface area contributed by atoms with E-state index < -0.39 is 0 Å². The van der Waals surface area contributed by atoms with Crippen molar-refractivity contribution in [1.82, 2.24) is 10.2 Å². The van der Waals surface area contributed by atoms with Gasteiger partial charge in [-0.25, -0.2) is 0 Å². The number of benzene rings is 2. The molecule has 2 aromatic rings. The molecule has 0 aromatic heterocycles. The van der Waals surface area contributed by atoms with Gasteiger partial charge in [0.05, 0.1) is 11.1 Å². The molecule has 1 aliphatic heterocycles. The molecule has 0 atom stereocenters. The predicted octanol–water partition coefficient (Wildman–Crippen LogP) is 3.20. The quantitative estimate of drug-likeness (QED) is 0.831. The molecule has 0 bridgehead atoms. The first-order valence-corrected chi connectivity index (χ1v) is 9.48. The Hall–Kier alpha value is -2.95. The average molecular weight is 362 g/mol.